The maximum absolute atomic E-state index is 16.6. The average Bonchev–Trinajstić information content (AvgIpc) is 3.09. The fourth-order valence-electron chi connectivity index (χ4n) is 5.60. The number of nitrogens with two attached hydrogens (primary N) is 1. The quantitative estimate of drug-likeness (QED) is 0.370. The van der Waals surface area contributed by atoms with Crippen LogP contribution in [-0.2, 0) is 13.8 Å². The smallest absolute Gasteiger partial charge is 0.260 e. The number of aliphatic hydroxyl groups is 1. The van der Waals surface area contributed by atoms with Crippen LogP contribution in [0.4, 0.5) is 14.6 Å². The van der Waals surface area contributed by atoms with Gasteiger partial charge in [0.15, 0.2) is 23.9 Å². The Morgan fingerprint density at radius 1 is 1.33 bits per heavy atom. The van der Waals surface area contributed by atoms with Crippen molar-refractivity contribution in [2.75, 3.05) is 12.3 Å². The van der Waals surface area contributed by atoms with Gasteiger partial charge in [0, 0.05) is 24.9 Å². The molecule has 14 heteroatoms. The summed E-state index contributed by atoms with van der Waals surface area (Å²) in [5, 5.41) is 20.1. The van der Waals surface area contributed by atoms with Crippen LogP contribution in [0.1, 0.15) is 53.2 Å². The molecule has 0 radical (unpaired) electrons. The van der Waals surface area contributed by atoms with Crippen molar-refractivity contribution in [1.29, 1.82) is 5.26 Å². The Morgan fingerprint density at radius 2 is 2.06 bits per heavy atom. The van der Waals surface area contributed by atoms with Gasteiger partial charge >= 0.3 is 0 Å². The minimum atomic E-state index is -2.02. The largest absolute Gasteiger partial charge is 0.384 e. The summed E-state index contributed by atoms with van der Waals surface area (Å²) in [6, 6.07) is 1.91. The second-order valence-corrected chi connectivity index (χ2v) is 11.6. The van der Waals surface area contributed by atoms with Crippen LogP contribution in [0.3, 0.4) is 0 Å². The van der Waals surface area contributed by atoms with E-state index in [-0.39, 0.29) is 48.5 Å². The highest BCUT2D eigenvalue weighted by Crippen LogP contribution is 2.73. The third kappa shape index (κ3) is 3.61. The topological polar surface area (TPSA) is 145 Å². The Hall–Kier alpha value is -2.07. The second kappa shape index (κ2) is 8.75. The van der Waals surface area contributed by atoms with E-state index in [1.807, 2.05) is 38.4 Å². The van der Waals surface area contributed by atoms with E-state index < -0.39 is 50.3 Å². The Balaban J connectivity index is 1.54. The normalized spacial score (nSPS) is 36.0. The molecule has 1 aliphatic heterocycles. The molecule has 3 aliphatic rings. The Kier molecular flexibility index (Phi) is 6.22. The number of hydrogen-bond donors (Lipinski definition) is 2. The first-order chi connectivity index (χ1) is 17.0. The van der Waals surface area contributed by atoms with Gasteiger partial charge in [-0.15, -0.1) is 0 Å². The lowest BCUT2D eigenvalue weighted by Gasteiger charge is -2.41. The number of anilines is 1. The minimum Gasteiger partial charge on any atom is -0.384 e. The first kappa shape index (κ1) is 25.6. The Morgan fingerprint density at radius 3 is 2.72 bits per heavy atom. The highest BCUT2D eigenvalue weighted by Gasteiger charge is 2.88. The van der Waals surface area contributed by atoms with Crippen molar-refractivity contribution in [3.63, 3.8) is 0 Å². The number of nitrogens with zero attached hydrogens (tertiary/aromatic N) is 6. The van der Waals surface area contributed by atoms with Gasteiger partial charge in [0.05, 0.1) is 25.4 Å². The van der Waals surface area contributed by atoms with E-state index in [0.717, 1.165) is 0 Å². The number of fused-ring (bicyclic) bond motifs is 4. The first-order valence-electron chi connectivity index (χ1n) is 11.9. The number of imidazole rings is 1. The number of rotatable bonds is 9. The standard InChI is InChI=1S/C22H30F2N7O4P/c1-12(2)31(13(3)4)36(33-7-5-6-25)35-21-8-20(24)9-22(20,32)19(21)34-18(15(21)23)30-11-29-14-16(26)27-10-28-17(14)30/h10-13,15,18-19,32H,5,7-9H2,1-4H3,(H2,26,27,28)/t15-,18-,19+,20+,21+,22+,36?/m1/s1. The fourth-order valence-corrected chi connectivity index (χ4v) is 7.44. The number of nitrogen functional groups attached to an aromatic ring is 1. The molecule has 5 rings (SSSR count). The molecule has 2 saturated carbocycles. The molecule has 2 aromatic heterocycles. The molecule has 1 unspecified atom stereocenters. The highest BCUT2D eigenvalue weighted by atomic mass is 31.2. The van der Waals surface area contributed by atoms with Gasteiger partial charge in [0.1, 0.15) is 34.8 Å². The van der Waals surface area contributed by atoms with Crippen molar-refractivity contribution in [3.05, 3.63) is 12.7 Å². The van der Waals surface area contributed by atoms with E-state index in [4.69, 9.17) is 24.8 Å². The minimum absolute atomic E-state index is 0.0557. The van der Waals surface area contributed by atoms with Crippen molar-refractivity contribution >= 4 is 25.5 Å². The van der Waals surface area contributed by atoms with Gasteiger partial charge in [0.2, 0.25) is 0 Å². The fraction of sp³-hybridized carbons (Fsp3) is 0.727. The van der Waals surface area contributed by atoms with E-state index in [0.29, 0.717) is 0 Å². The van der Waals surface area contributed by atoms with Crippen LogP contribution in [-0.4, -0.2) is 77.1 Å². The summed E-state index contributed by atoms with van der Waals surface area (Å²) in [4.78, 5) is 12.3. The van der Waals surface area contributed by atoms with Gasteiger partial charge in [0.25, 0.3) is 8.53 Å². The van der Waals surface area contributed by atoms with E-state index in [1.54, 1.807) is 0 Å². The number of halogens is 2. The molecule has 11 nitrogen and oxygen atoms in total. The summed E-state index contributed by atoms with van der Waals surface area (Å²) < 4.78 is 53.9. The van der Waals surface area contributed by atoms with E-state index in [2.05, 4.69) is 15.0 Å². The zero-order valence-electron chi connectivity index (χ0n) is 20.5. The van der Waals surface area contributed by atoms with Crippen LogP contribution in [0.5, 0.6) is 0 Å². The van der Waals surface area contributed by atoms with Gasteiger partial charge in [-0.2, -0.15) is 5.26 Å². The van der Waals surface area contributed by atoms with E-state index in [9.17, 15) is 5.11 Å². The molecule has 0 spiro atoms. The van der Waals surface area contributed by atoms with Crippen LogP contribution >= 0.6 is 8.53 Å². The predicted molar refractivity (Wildman–Crippen MR) is 126 cm³/mol. The zero-order chi connectivity index (χ0) is 26.0. The molecule has 0 amide bonds. The summed E-state index contributed by atoms with van der Waals surface area (Å²) >= 11 is 0. The number of hydrogen-bond acceptors (Lipinski definition) is 10. The molecule has 1 saturated heterocycles. The zero-order valence-corrected chi connectivity index (χ0v) is 21.4. The van der Waals surface area contributed by atoms with Crippen molar-refractivity contribution in [2.24, 2.45) is 0 Å². The first-order valence-corrected chi connectivity index (χ1v) is 13.0. The van der Waals surface area contributed by atoms with Gasteiger partial charge in [-0.05, 0) is 27.7 Å². The molecular weight excluding hydrogens is 495 g/mol. The number of nitriles is 1. The van der Waals surface area contributed by atoms with Crippen molar-refractivity contribution in [3.8, 4) is 6.07 Å². The lowest BCUT2D eigenvalue weighted by molar-refractivity contribution is -0.104. The molecule has 36 heavy (non-hydrogen) atoms. The maximum atomic E-state index is 16.6. The summed E-state index contributed by atoms with van der Waals surface area (Å²) in [6.07, 6.45) is -2.37. The molecule has 196 valence electrons. The van der Waals surface area contributed by atoms with Gasteiger partial charge in [-0.25, -0.2) is 28.4 Å². The summed E-state index contributed by atoms with van der Waals surface area (Å²) in [6.45, 7) is 7.84. The molecule has 2 aromatic rings. The second-order valence-electron chi connectivity index (χ2n) is 10.2. The molecular formula is C22H30F2N7O4P. The van der Waals surface area contributed by atoms with Crippen molar-refractivity contribution in [2.45, 2.75) is 94.4 Å². The lowest BCUT2D eigenvalue weighted by Crippen LogP contribution is -2.50. The SMILES string of the molecule is CC(C)N(C(C)C)P(OCCC#N)O[C@]12C[C@]3(F)C[C@]3(O)[C@H]1O[C@@H](n1cnc3c(N)ncnc31)[C@H]2F. The molecule has 3 N–H and O–H groups in total. The van der Waals surface area contributed by atoms with Crippen LogP contribution in [0, 0.1) is 11.3 Å². The third-order valence-corrected chi connectivity index (χ3v) is 9.40. The predicted octanol–water partition coefficient (Wildman–Crippen LogP) is 2.92. The average molecular weight is 525 g/mol. The van der Waals surface area contributed by atoms with E-state index in [1.165, 1.54) is 17.2 Å². The molecule has 0 bridgehead atoms. The van der Waals surface area contributed by atoms with Crippen molar-refractivity contribution in [1.82, 2.24) is 24.2 Å². The molecule has 3 heterocycles. The highest BCUT2D eigenvalue weighted by molar-refractivity contribution is 7.44. The molecule has 2 aliphatic carbocycles. The van der Waals surface area contributed by atoms with Crippen LogP contribution in [0.15, 0.2) is 12.7 Å². The number of aromatic nitrogens is 4. The number of alkyl halides is 2. The lowest BCUT2D eigenvalue weighted by atomic mass is 9.90. The Bertz CT molecular complexity index is 1190. The maximum Gasteiger partial charge on any atom is 0.260 e. The number of ether oxygens (including phenoxy) is 1. The van der Waals surface area contributed by atoms with Crippen LogP contribution in [0.2, 0.25) is 0 Å². The summed E-state index contributed by atoms with van der Waals surface area (Å²) in [7, 11) is -1.94. The van der Waals surface area contributed by atoms with Gasteiger partial charge < -0.3 is 24.6 Å². The van der Waals surface area contributed by atoms with Crippen LogP contribution in [0.25, 0.3) is 11.2 Å². The molecule has 7 atom stereocenters. The van der Waals surface area contributed by atoms with Gasteiger partial charge in [-0.1, -0.05) is 0 Å². The monoisotopic (exact) mass is 525 g/mol. The Labute approximate surface area is 208 Å². The molecule has 3 fully saturated rings. The summed E-state index contributed by atoms with van der Waals surface area (Å²) in [5.41, 5.74) is 0.669. The van der Waals surface area contributed by atoms with Crippen molar-refractivity contribution < 1.29 is 27.7 Å². The summed E-state index contributed by atoms with van der Waals surface area (Å²) in [5.74, 6) is 0.126. The van der Waals surface area contributed by atoms with Crippen LogP contribution < -0.4 is 5.73 Å². The third-order valence-electron chi connectivity index (χ3n) is 7.20. The van der Waals surface area contributed by atoms with Gasteiger partial charge in [-0.3, -0.25) is 4.57 Å². The van der Waals surface area contributed by atoms with E-state index >= 15 is 8.78 Å². The molecule has 0 aromatic carbocycles.